The number of fused-ring (bicyclic) bond motifs is 1. The van der Waals surface area contributed by atoms with Crippen molar-refractivity contribution in [2.75, 3.05) is 11.8 Å². The van der Waals surface area contributed by atoms with Crippen molar-refractivity contribution < 1.29 is 13.2 Å². The Bertz CT molecular complexity index is 975. The molecule has 0 bridgehead atoms. The average Bonchev–Trinajstić information content (AvgIpc) is 2.85. The zero-order valence-electron chi connectivity index (χ0n) is 13.2. The molecule has 0 fully saturated rings. The molecular formula is C17H18N2O3S. The average molecular weight is 330 g/mol. The number of anilines is 1. The Hall–Kier alpha value is -2.47. The van der Waals surface area contributed by atoms with Crippen LogP contribution < -0.4 is 9.46 Å². The van der Waals surface area contributed by atoms with E-state index in [2.05, 4.69) is 9.71 Å². The van der Waals surface area contributed by atoms with E-state index in [9.17, 15) is 8.42 Å². The summed E-state index contributed by atoms with van der Waals surface area (Å²) in [4.78, 5) is 3.45. The lowest BCUT2D eigenvalue weighted by Crippen LogP contribution is -2.14. The van der Waals surface area contributed by atoms with E-state index in [-0.39, 0.29) is 4.90 Å². The molecular weight excluding hydrogens is 312 g/mol. The summed E-state index contributed by atoms with van der Waals surface area (Å²) in [5, 5.41) is 0.967. The summed E-state index contributed by atoms with van der Waals surface area (Å²) in [5.41, 5.74) is 3.18. The second-order valence-electron chi connectivity index (χ2n) is 5.49. The number of rotatable bonds is 4. The van der Waals surface area contributed by atoms with Gasteiger partial charge >= 0.3 is 0 Å². The summed E-state index contributed by atoms with van der Waals surface area (Å²) in [6, 6.07) is 12.3. The molecule has 0 saturated carbocycles. The SMILES string of the molecule is COc1ccc(S(=O)(=O)Nc2ccc3[nH]c(C)cc3c2)c(C)c1. The predicted octanol–water partition coefficient (Wildman–Crippen LogP) is 3.59. The zero-order chi connectivity index (χ0) is 16.6. The van der Waals surface area contributed by atoms with Crippen molar-refractivity contribution in [2.24, 2.45) is 0 Å². The summed E-state index contributed by atoms with van der Waals surface area (Å²) in [5.74, 6) is 0.630. The largest absolute Gasteiger partial charge is 0.497 e. The Morgan fingerprint density at radius 1 is 1.04 bits per heavy atom. The Labute approximate surface area is 135 Å². The second kappa shape index (κ2) is 5.62. The molecule has 0 amide bonds. The monoisotopic (exact) mass is 330 g/mol. The number of H-pyrrole nitrogens is 1. The number of aryl methyl sites for hydroxylation is 2. The van der Waals surface area contributed by atoms with Crippen LogP contribution in [0.1, 0.15) is 11.3 Å². The van der Waals surface area contributed by atoms with Gasteiger partial charge in [-0.3, -0.25) is 4.72 Å². The molecule has 5 nitrogen and oxygen atoms in total. The van der Waals surface area contributed by atoms with E-state index in [1.807, 2.05) is 25.1 Å². The molecule has 3 rings (SSSR count). The van der Waals surface area contributed by atoms with Gasteiger partial charge in [0.1, 0.15) is 5.75 Å². The number of nitrogens with one attached hydrogen (secondary N) is 2. The Balaban J connectivity index is 1.95. The molecule has 120 valence electrons. The van der Waals surface area contributed by atoms with Crippen LogP contribution in [-0.2, 0) is 10.0 Å². The minimum atomic E-state index is -3.65. The van der Waals surface area contributed by atoms with Gasteiger partial charge in [0.2, 0.25) is 0 Å². The lowest BCUT2D eigenvalue weighted by molar-refractivity contribution is 0.414. The van der Waals surface area contributed by atoms with Gasteiger partial charge in [-0.1, -0.05) is 0 Å². The fourth-order valence-electron chi connectivity index (χ4n) is 2.60. The highest BCUT2D eigenvalue weighted by Crippen LogP contribution is 2.25. The summed E-state index contributed by atoms with van der Waals surface area (Å²) >= 11 is 0. The molecule has 23 heavy (non-hydrogen) atoms. The van der Waals surface area contributed by atoms with Crippen LogP contribution in [0, 0.1) is 13.8 Å². The van der Waals surface area contributed by atoms with Crippen molar-refractivity contribution >= 4 is 26.6 Å². The van der Waals surface area contributed by atoms with Crippen molar-refractivity contribution in [3.05, 3.63) is 53.7 Å². The number of aromatic nitrogens is 1. The number of aromatic amines is 1. The molecule has 2 aromatic carbocycles. The number of hydrogen-bond donors (Lipinski definition) is 2. The summed E-state index contributed by atoms with van der Waals surface area (Å²) < 4.78 is 33.0. The van der Waals surface area contributed by atoms with E-state index < -0.39 is 10.0 Å². The zero-order valence-corrected chi connectivity index (χ0v) is 14.0. The standard InChI is InChI=1S/C17H18N2O3S/c1-11-8-15(22-3)5-7-17(11)23(20,21)19-14-4-6-16-13(10-14)9-12(2)18-16/h4-10,18-19H,1-3H3. The molecule has 0 aliphatic heterocycles. The Morgan fingerprint density at radius 3 is 2.52 bits per heavy atom. The first-order valence-corrected chi connectivity index (χ1v) is 8.64. The maximum atomic E-state index is 12.6. The molecule has 1 aromatic heterocycles. The fraction of sp³-hybridized carbons (Fsp3) is 0.176. The predicted molar refractivity (Wildman–Crippen MR) is 91.6 cm³/mol. The Kier molecular flexibility index (Phi) is 3.77. The molecule has 0 aliphatic rings. The van der Waals surface area contributed by atoms with Crippen molar-refractivity contribution in [1.82, 2.24) is 4.98 Å². The molecule has 2 N–H and O–H groups in total. The summed E-state index contributed by atoms with van der Waals surface area (Å²) in [6.45, 7) is 3.71. The van der Waals surface area contributed by atoms with E-state index in [0.29, 0.717) is 17.0 Å². The number of hydrogen-bond acceptors (Lipinski definition) is 3. The van der Waals surface area contributed by atoms with Crippen LogP contribution in [0.2, 0.25) is 0 Å². The van der Waals surface area contributed by atoms with E-state index >= 15 is 0 Å². The van der Waals surface area contributed by atoms with Crippen LogP contribution in [0.4, 0.5) is 5.69 Å². The van der Waals surface area contributed by atoms with E-state index in [0.717, 1.165) is 16.6 Å². The van der Waals surface area contributed by atoms with Gasteiger partial charge in [0.25, 0.3) is 10.0 Å². The van der Waals surface area contributed by atoms with Crippen LogP contribution in [-0.4, -0.2) is 20.5 Å². The van der Waals surface area contributed by atoms with Gasteiger partial charge in [0, 0.05) is 22.3 Å². The highest BCUT2D eigenvalue weighted by molar-refractivity contribution is 7.92. The number of ether oxygens (including phenoxy) is 1. The molecule has 0 spiro atoms. The Morgan fingerprint density at radius 2 is 1.83 bits per heavy atom. The fourth-order valence-corrected chi connectivity index (χ4v) is 3.88. The minimum Gasteiger partial charge on any atom is -0.497 e. The molecule has 0 unspecified atom stereocenters. The van der Waals surface area contributed by atoms with Crippen LogP contribution in [0.5, 0.6) is 5.75 Å². The van der Waals surface area contributed by atoms with Gasteiger partial charge < -0.3 is 9.72 Å². The van der Waals surface area contributed by atoms with Gasteiger partial charge in [-0.05, 0) is 61.9 Å². The van der Waals surface area contributed by atoms with Gasteiger partial charge in [-0.2, -0.15) is 0 Å². The minimum absolute atomic E-state index is 0.239. The molecule has 6 heteroatoms. The second-order valence-corrected chi connectivity index (χ2v) is 7.14. The number of benzene rings is 2. The van der Waals surface area contributed by atoms with Crippen molar-refractivity contribution in [3.8, 4) is 5.75 Å². The van der Waals surface area contributed by atoms with Gasteiger partial charge in [0.15, 0.2) is 0 Å². The lowest BCUT2D eigenvalue weighted by Gasteiger charge is -2.11. The lowest BCUT2D eigenvalue weighted by atomic mass is 10.2. The molecule has 0 atom stereocenters. The highest BCUT2D eigenvalue weighted by atomic mass is 32.2. The third kappa shape index (κ3) is 3.03. The van der Waals surface area contributed by atoms with Crippen LogP contribution in [0.15, 0.2) is 47.4 Å². The third-order valence-corrected chi connectivity index (χ3v) is 5.22. The number of sulfonamides is 1. The number of methoxy groups -OCH3 is 1. The molecule has 0 saturated heterocycles. The first-order chi connectivity index (χ1) is 10.9. The van der Waals surface area contributed by atoms with Crippen LogP contribution in [0.25, 0.3) is 10.9 Å². The quantitative estimate of drug-likeness (QED) is 0.768. The van der Waals surface area contributed by atoms with Crippen molar-refractivity contribution in [3.63, 3.8) is 0 Å². The van der Waals surface area contributed by atoms with E-state index in [1.165, 1.54) is 0 Å². The van der Waals surface area contributed by atoms with Gasteiger partial charge in [0.05, 0.1) is 12.0 Å². The molecule has 0 aliphatic carbocycles. The molecule has 3 aromatic rings. The first-order valence-electron chi connectivity index (χ1n) is 7.16. The van der Waals surface area contributed by atoms with E-state index in [4.69, 9.17) is 4.74 Å². The topological polar surface area (TPSA) is 71.2 Å². The van der Waals surface area contributed by atoms with Crippen LogP contribution >= 0.6 is 0 Å². The smallest absolute Gasteiger partial charge is 0.262 e. The third-order valence-electron chi connectivity index (χ3n) is 3.68. The van der Waals surface area contributed by atoms with Gasteiger partial charge in [-0.25, -0.2) is 8.42 Å². The molecule has 0 radical (unpaired) electrons. The maximum Gasteiger partial charge on any atom is 0.262 e. The van der Waals surface area contributed by atoms with Gasteiger partial charge in [-0.15, -0.1) is 0 Å². The molecule has 1 heterocycles. The van der Waals surface area contributed by atoms with Crippen molar-refractivity contribution in [2.45, 2.75) is 18.7 Å². The summed E-state index contributed by atoms with van der Waals surface area (Å²) in [6.07, 6.45) is 0. The highest BCUT2D eigenvalue weighted by Gasteiger charge is 2.17. The first kappa shape index (κ1) is 15.4. The summed E-state index contributed by atoms with van der Waals surface area (Å²) in [7, 11) is -2.10. The van der Waals surface area contributed by atoms with E-state index in [1.54, 1.807) is 38.3 Å². The van der Waals surface area contributed by atoms with Crippen molar-refractivity contribution in [1.29, 1.82) is 0 Å². The van der Waals surface area contributed by atoms with Crippen LogP contribution in [0.3, 0.4) is 0 Å². The normalized spacial score (nSPS) is 11.6. The maximum absolute atomic E-state index is 12.6.